The molecule has 3 aromatic rings. The normalized spacial score (nSPS) is 12.5. The van der Waals surface area contributed by atoms with E-state index < -0.39 is 12.1 Å². The molecule has 0 fully saturated rings. The van der Waals surface area contributed by atoms with Gasteiger partial charge in [0.15, 0.2) is 0 Å². The smallest absolute Gasteiger partial charge is 0.319 e. The number of anilines is 3. The van der Waals surface area contributed by atoms with Crippen LogP contribution in [0.25, 0.3) is 10.6 Å². The maximum atomic E-state index is 13.1. The molecule has 1 aromatic heterocycles. The number of carbonyl (C=O) groups excluding carboxylic acids is 2. The summed E-state index contributed by atoms with van der Waals surface area (Å²) in [5.41, 5.74) is 4.80. The minimum Gasteiger partial charge on any atom is -0.378 e. The van der Waals surface area contributed by atoms with E-state index in [-0.39, 0.29) is 11.8 Å². The van der Waals surface area contributed by atoms with Crippen LogP contribution in [-0.4, -0.2) is 42.3 Å². The van der Waals surface area contributed by atoms with Crippen molar-refractivity contribution >= 4 is 39.8 Å². The zero-order valence-corrected chi connectivity index (χ0v) is 21.3. The van der Waals surface area contributed by atoms with Gasteiger partial charge in [-0.1, -0.05) is 43.7 Å². The van der Waals surface area contributed by atoms with Crippen molar-refractivity contribution in [3.05, 3.63) is 53.6 Å². The molecule has 3 N–H and O–H groups in total. The first-order valence-corrected chi connectivity index (χ1v) is 12.1. The molecule has 0 radical (unpaired) electrons. The largest absolute Gasteiger partial charge is 0.378 e. The fraction of sp³-hybridized carbons (Fsp3) is 0.360. The van der Waals surface area contributed by atoms with Crippen molar-refractivity contribution in [1.82, 2.24) is 15.5 Å². The van der Waals surface area contributed by atoms with Crippen molar-refractivity contribution in [2.75, 3.05) is 29.6 Å². The van der Waals surface area contributed by atoms with Crippen molar-refractivity contribution in [3.63, 3.8) is 0 Å². The van der Waals surface area contributed by atoms with Crippen LogP contribution in [-0.2, 0) is 4.79 Å². The number of amides is 3. The number of aryl methyl sites for hydroxylation is 1. The molecule has 8 nitrogen and oxygen atoms in total. The highest BCUT2D eigenvalue weighted by molar-refractivity contribution is 7.18. The third kappa shape index (κ3) is 6.11. The third-order valence-electron chi connectivity index (χ3n) is 5.92. The minimum absolute atomic E-state index is 0.0738. The molecule has 1 heterocycles. The molecule has 0 saturated carbocycles. The number of urea groups is 1. The van der Waals surface area contributed by atoms with E-state index in [1.54, 1.807) is 0 Å². The Bertz CT molecular complexity index is 1140. The van der Waals surface area contributed by atoms with Gasteiger partial charge in [0.1, 0.15) is 11.0 Å². The van der Waals surface area contributed by atoms with Gasteiger partial charge in [0.25, 0.3) is 0 Å². The van der Waals surface area contributed by atoms with Gasteiger partial charge in [0.2, 0.25) is 11.0 Å². The molecule has 2 atom stereocenters. The number of nitrogens with one attached hydrogen (secondary N) is 3. The Morgan fingerprint density at radius 3 is 2.38 bits per heavy atom. The fourth-order valence-electron chi connectivity index (χ4n) is 3.36. The Morgan fingerprint density at radius 2 is 1.74 bits per heavy atom. The molecule has 0 spiro atoms. The van der Waals surface area contributed by atoms with E-state index in [1.807, 2.05) is 89.2 Å². The summed E-state index contributed by atoms with van der Waals surface area (Å²) in [6.07, 6.45) is 0.724. The standard InChI is InChI=1S/C25H32N6O2S/c1-7-15(2)21(27-24(33)26-20-10-8-9-16(3)17(20)4)22(32)28-25-30-29-23(34-25)18-11-13-19(14-12-18)31(5)6/h8-15,21H,7H2,1-6H3,(H2,26,27,33)(H,28,30,32). The lowest BCUT2D eigenvalue weighted by Gasteiger charge is -2.23. The van der Waals surface area contributed by atoms with Crippen LogP contribution in [0.1, 0.15) is 31.4 Å². The van der Waals surface area contributed by atoms with Gasteiger partial charge in [-0.2, -0.15) is 0 Å². The molecular weight excluding hydrogens is 448 g/mol. The average molecular weight is 481 g/mol. The minimum atomic E-state index is -0.721. The molecule has 9 heteroatoms. The van der Waals surface area contributed by atoms with E-state index >= 15 is 0 Å². The SMILES string of the molecule is CCC(C)C(NC(=O)Nc1cccc(C)c1C)C(=O)Nc1nnc(-c2ccc(N(C)C)cc2)s1. The zero-order valence-electron chi connectivity index (χ0n) is 20.5. The summed E-state index contributed by atoms with van der Waals surface area (Å²) in [6.45, 7) is 7.85. The highest BCUT2D eigenvalue weighted by Gasteiger charge is 2.27. The Kier molecular flexibility index (Phi) is 8.22. The van der Waals surface area contributed by atoms with Gasteiger partial charge < -0.3 is 15.5 Å². The molecule has 2 aromatic carbocycles. The predicted molar refractivity (Wildman–Crippen MR) is 140 cm³/mol. The molecule has 0 aliphatic rings. The highest BCUT2D eigenvalue weighted by Crippen LogP contribution is 2.28. The van der Waals surface area contributed by atoms with Crippen molar-refractivity contribution in [2.45, 2.75) is 40.2 Å². The number of carbonyl (C=O) groups is 2. The first kappa shape index (κ1) is 25.2. The molecule has 0 saturated heterocycles. The highest BCUT2D eigenvalue weighted by atomic mass is 32.1. The van der Waals surface area contributed by atoms with E-state index in [0.29, 0.717) is 10.1 Å². The third-order valence-corrected chi connectivity index (χ3v) is 6.81. The van der Waals surface area contributed by atoms with Gasteiger partial charge in [-0.05, 0) is 61.2 Å². The van der Waals surface area contributed by atoms with Gasteiger partial charge in [-0.15, -0.1) is 10.2 Å². The summed E-state index contributed by atoms with van der Waals surface area (Å²) >= 11 is 1.29. The lowest BCUT2D eigenvalue weighted by atomic mass is 9.98. The summed E-state index contributed by atoms with van der Waals surface area (Å²) in [5, 5.41) is 17.9. The van der Waals surface area contributed by atoms with Crippen LogP contribution in [0.4, 0.5) is 21.3 Å². The Labute approximate surface area is 204 Å². The van der Waals surface area contributed by atoms with Crippen LogP contribution in [0, 0.1) is 19.8 Å². The quantitative estimate of drug-likeness (QED) is 0.418. The number of nitrogens with zero attached hydrogens (tertiary/aromatic N) is 3. The Morgan fingerprint density at radius 1 is 1.03 bits per heavy atom. The zero-order chi connectivity index (χ0) is 24.8. The molecule has 0 aliphatic carbocycles. The van der Waals surface area contributed by atoms with Crippen molar-refractivity contribution in [2.24, 2.45) is 5.92 Å². The Balaban J connectivity index is 1.68. The molecular formula is C25H32N6O2S. The van der Waals surface area contributed by atoms with Crippen LogP contribution < -0.4 is 20.9 Å². The molecule has 34 heavy (non-hydrogen) atoms. The second-order valence-corrected chi connectivity index (χ2v) is 9.53. The van der Waals surface area contributed by atoms with Gasteiger partial charge in [0, 0.05) is 31.0 Å². The molecule has 180 valence electrons. The first-order valence-electron chi connectivity index (χ1n) is 11.3. The van der Waals surface area contributed by atoms with Crippen molar-refractivity contribution < 1.29 is 9.59 Å². The number of aromatic nitrogens is 2. The van der Waals surface area contributed by atoms with Gasteiger partial charge in [-0.25, -0.2) is 4.79 Å². The summed E-state index contributed by atoms with van der Waals surface area (Å²) in [6, 6.07) is 12.5. The topological polar surface area (TPSA) is 99.2 Å². The van der Waals surface area contributed by atoms with Gasteiger partial charge in [-0.3, -0.25) is 10.1 Å². The van der Waals surface area contributed by atoms with E-state index in [2.05, 4.69) is 26.1 Å². The molecule has 0 bridgehead atoms. The number of rotatable bonds is 8. The average Bonchev–Trinajstić information content (AvgIpc) is 3.28. The van der Waals surface area contributed by atoms with Crippen molar-refractivity contribution in [1.29, 1.82) is 0 Å². The second kappa shape index (κ2) is 11.1. The Hall–Kier alpha value is -3.46. The maximum Gasteiger partial charge on any atom is 0.319 e. The van der Waals surface area contributed by atoms with E-state index in [4.69, 9.17) is 0 Å². The van der Waals surface area contributed by atoms with E-state index in [0.717, 1.165) is 34.5 Å². The fourth-order valence-corrected chi connectivity index (χ4v) is 4.12. The number of hydrogen-bond donors (Lipinski definition) is 3. The lowest BCUT2D eigenvalue weighted by Crippen LogP contribution is -2.49. The van der Waals surface area contributed by atoms with Crippen molar-refractivity contribution in [3.8, 4) is 10.6 Å². The van der Waals surface area contributed by atoms with E-state index in [9.17, 15) is 9.59 Å². The summed E-state index contributed by atoms with van der Waals surface area (Å²) < 4.78 is 0. The molecule has 2 unspecified atom stereocenters. The van der Waals surface area contributed by atoms with Gasteiger partial charge in [0.05, 0.1) is 0 Å². The van der Waals surface area contributed by atoms with E-state index in [1.165, 1.54) is 11.3 Å². The number of hydrogen-bond acceptors (Lipinski definition) is 6. The predicted octanol–water partition coefficient (Wildman–Crippen LogP) is 5.06. The summed E-state index contributed by atoms with van der Waals surface area (Å²) in [5.74, 6) is -0.397. The monoisotopic (exact) mass is 480 g/mol. The second-order valence-electron chi connectivity index (χ2n) is 8.55. The van der Waals surface area contributed by atoms with Crippen LogP contribution >= 0.6 is 11.3 Å². The number of benzene rings is 2. The first-order chi connectivity index (χ1) is 16.2. The maximum absolute atomic E-state index is 13.1. The van der Waals surface area contributed by atoms with Gasteiger partial charge >= 0.3 is 6.03 Å². The summed E-state index contributed by atoms with van der Waals surface area (Å²) in [7, 11) is 3.97. The van der Waals surface area contributed by atoms with Crippen LogP contribution in [0.5, 0.6) is 0 Å². The molecule has 0 aliphatic heterocycles. The summed E-state index contributed by atoms with van der Waals surface area (Å²) in [4.78, 5) is 27.8. The van der Waals surface area contributed by atoms with Crippen LogP contribution in [0.2, 0.25) is 0 Å². The molecule has 3 rings (SSSR count). The van der Waals surface area contributed by atoms with Crippen LogP contribution in [0.15, 0.2) is 42.5 Å². The van der Waals surface area contributed by atoms with Crippen LogP contribution in [0.3, 0.4) is 0 Å². The lowest BCUT2D eigenvalue weighted by molar-refractivity contribution is -0.119. The molecule has 3 amide bonds.